The lowest BCUT2D eigenvalue weighted by atomic mass is 10.0. The van der Waals surface area contributed by atoms with E-state index in [2.05, 4.69) is 9.88 Å². The number of aromatic nitrogens is 2. The van der Waals surface area contributed by atoms with Gasteiger partial charge in [-0.2, -0.15) is 0 Å². The van der Waals surface area contributed by atoms with Crippen molar-refractivity contribution in [2.45, 2.75) is 26.2 Å². The summed E-state index contributed by atoms with van der Waals surface area (Å²) < 4.78 is 5.26. The summed E-state index contributed by atoms with van der Waals surface area (Å²) in [6.07, 6.45) is 3.36. The number of hydrogen-bond acceptors (Lipinski definition) is 5. The first-order chi connectivity index (χ1) is 13.6. The van der Waals surface area contributed by atoms with Crippen molar-refractivity contribution in [2.24, 2.45) is 11.8 Å². The Balaban J connectivity index is 1.30. The molecule has 2 aromatic rings. The van der Waals surface area contributed by atoms with E-state index >= 15 is 0 Å². The number of anilines is 1. The molecule has 146 valence electrons. The van der Waals surface area contributed by atoms with Gasteiger partial charge in [0.15, 0.2) is 0 Å². The number of methoxy groups -OCH3 is 1. The average Bonchev–Trinajstić information content (AvgIpc) is 3.41. The van der Waals surface area contributed by atoms with Crippen LogP contribution in [-0.2, 0) is 12.8 Å². The van der Waals surface area contributed by atoms with Crippen LogP contribution in [-0.4, -0.2) is 54.1 Å². The second-order valence-electron chi connectivity index (χ2n) is 8.24. The van der Waals surface area contributed by atoms with Gasteiger partial charge in [0.25, 0.3) is 5.91 Å². The number of likely N-dealkylation sites (tertiary alicyclic amines) is 1. The number of nitrogens with zero attached hydrogens (tertiary/aromatic N) is 4. The van der Waals surface area contributed by atoms with Crippen LogP contribution in [0, 0.1) is 18.8 Å². The van der Waals surface area contributed by atoms with E-state index in [9.17, 15) is 4.79 Å². The van der Waals surface area contributed by atoms with E-state index in [-0.39, 0.29) is 5.91 Å². The summed E-state index contributed by atoms with van der Waals surface area (Å²) in [6, 6.07) is 7.45. The molecule has 28 heavy (non-hydrogen) atoms. The highest BCUT2D eigenvalue weighted by Gasteiger charge is 2.43. The van der Waals surface area contributed by atoms with Crippen molar-refractivity contribution in [1.29, 1.82) is 0 Å². The average molecular weight is 378 g/mol. The smallest absolute Gasteiger partial charge is 0.254 e. The maximum atomic E-state index is 12.9. The van der Waals surface area contributed by atoms with Gasteiger partial charge in [-0.1, -0.05) is 6.07 Å². The topological polar surface area (TPSA) is 58.6 Å². The monoisotopic (exact) mass is 378 g/mol. The van der Waals surface area contributed by atoms with E-state index in [0.29, 0.717) is 17.4 Å². The predicted molar refractivity (Wildman–Crippen MR) is 107 cm³/mol. The van der Waals surface area contributed by atoms with Gasteiger partial charge in [0, 0.05) is 54.8 Å². The Labute approximate surface area is 165 Å². The molecule has 6 heteroatoms. The Morgan fingerprint density at radius 3 is 2.64 bits per heavy atom. The molecule has 1 aliphatic carbocycles. The molecule has 2 unspecified atom stereocenters. The maximum Gasteiger partial charge on any atom is 0.254 e. The molecule has 0 saturated carbocycles. The van der Waals surface area contributed by atoms with Gasteiger partial charge in [0.1, 0.15) is 17.4 Å². The van der Waals surface area contributed by atoms with Gasteiger partial charge in [0.2, 0.25) is 0 Å². The summed E-state index contributed by atoms with van der Waals surface area (Å²) in [5.41, 5.74) is 3.31. The Kier molecular flexibility index (Phi) is 4.22. The SMILES string of the molecule is COc1cccc(C(=O)N2CC3CN(c4nc(C)nc5c4CCC5)CC3C2)c1. The van der Waals surface area contributed by atoms with Gasteiger partial charge in [-0.15, -0.1) is 0 Å². The molecule has 0 radical (unpaired) electrons. The van der Waals surface area contributed by atoms with E-state index in [1.807, 2.05) is 36.1 Å². The molecule has 6 nitrogen and oxygen atoms in total. The van der Waals surface area contributed by atoms with Gasteiger partial charge in [-0.3, -0.25) is 4.79 Å². The molecular weight excluding hydrogens is 352 g/mol. The molecule has 1 aromatic heterocycles. The van der Waals surface area contributed by atoms with E-state index in [1.54, 1.807) is 7.11 Å². The van der Waals surface area contributed by atoms with Crippen LogP contribution in [0.4, 0.5) is 5.82 Å². The van der Waals surface area contributed by atoms with Crippen molar-refractivity contribution < 1.29 is 9.53 Å². The minimum absolute atomic E-state index is 0.110. The first-order valence-corrected chi connectivity index (χ1v) is 10.2. The van der Waals surface area contributed by atoms with Gasteiger partial charge in [-0.05, 0) is 44.4 Å². The molecule has 0 N–H and O–H groups in total. The quantitative estimate of drug-likeness (QED) is 0.821. The van der Waals surface area contributed by atoms with Crippen LogP contribution >= 0.6 is 0 Å². The van der Waals surface area contributed by atoms with Crippen molar-refractivity contribution in [3.05, 3.63) is 46.9 Å². The van der Waals surface area contributed by atoms with Crippen LogP contribution < -0.4 is 9.64 Å². The maximum absolute atomic E-state index is 12.9. The lowest BCUT2D eigenvalue weighted by Crippen LogP contribution is -2.34. The van der Waals surface area contributed by atoms with Crippen molar-refractivity contribution in [3.8, 4) is 5.75 Å². The van der Waals surface area contributed by atoms with Crippen LogP contribution in [0.5, 0.6) is 5.75 Å². The first-order valence-electron chi connectivity index (χ1n) is 10.2. The minimum Gasteiger partial charge on any atom is -0.497 e. The summed E-state index contributed by atoms with van der Waals surface area (Å²) in [4.78, 5) is 26.8. The van der Waals surface area contributed by atoms with Gasteiger partial charge >= 0.3 is 0 Å². The number of rotatable bonds is 3. The molecule has 5 rings (SSSR count). The van der Waals surface area contributed by atoms with Crippen molar-refractivity contribution in [2.75, 3.05) is 38.2 Å². The zero-order chi connectivity index (χ0) is 19.3. The molecule has 0 spiro atoms. The van der Waals surface area contributed by atoms with Gasteiger partial charge in [0.05, 0.1) is 7.11 Å². The Morgan fingerprint density at radius 1 is 1.11 bits per heavy atom. The third kappa shape index (κ3) is 2.91. The van der Waals surface area contributed by atoms with Gasteiger partial charge < -0.3 is 14.5 Å². The molecule has 0 bridgehead atoms. The molecule has 1 aromatic carbocycles. The standard InChI is InChI=1S/C22H26N4O2/c1-14-23-20-8-4-7-19(20)21(24-14)25-10-16-12-26(13-17(16)11-25)22(27)15-5-3-6-18(9-15)28-2/h3,5-6,9,16-17H,4,7-8,10-13H2,1-2H3. The van der Waals surface area contributed by atoms with Crippen LogP contribution in [0.25, 0.3) is 0 Å². The third-order valence-corrected chi connectivity index (χ3v) is 6.41. The number of hydrogen-bond donors (Lipinski definition) is 0. The second-order valence-corrected chi connectivity index (χ2v) is 8.24. The van der Waals surface area contributed by atoms with Crippen LogP contribution in [0.2, 0.25) is 0 Å². The summed E-state index contributed by atoms with van der Waals surface area (Å²) in [5, 5.41) is 0. The fourth-order valence-electron chi connectivity index (χ4n) is 5.07. The van der Waals surface area contributed by atoms with Crippen LogP contribution in [0.3, 0.4) is 0 Å². The molecular formula is C22H26N4O2. The molecule has 1 amide bonds. The number of carbonyl (C=O) groups excluding carboxylic acids is 1. The molecule has 2 saturated heterocycles. The zero-order valence-electron chi connectivity index (χ0n) is 16.5. The Hall–Kier alpha value is -2.63. The highest BCUT2D eigenvalue weighted by atomic mass is 16.5. The zero-order valence-corrected chi connectivity index (χ0v) is 16.5. The number of benzene rings is 1. The first kappa shape index (κ1) is 17.5. The van der Waals surface area contributed by atoms with E-state index < -0.39 is 0 Å². The number of fused-ring (bicyclic) bond motifs is 2. The van der Waals surface area contributed by atoms with Crippen molar-refractivity contribution >= 4 is 11.7 Å². The molecule has 2 fully saturated rings. The Morgan fingerprint density at radius 2 is 1.89 bits per heavy atom. The fourth-order valence-corrected chi connectivity index (χ4v) is 5.07. The summed E-state index contributed by atoms with van der Waals surface area (Å²) in [5.74, 6) is 3.90. The van der Waals surface area contributed by atoms with Crippen LogP contribution in [0.1, 0.15) is 33.9 Å². The van der Waals surface area contributed by atoms with Crippen molar-refractivity contribution in [3.63, 3.8) is 0 Å². The number of carbonyl (C=O) groups is 1. The van der Waals surface area contributed by atoms with E-state index in [0.717, 1.165) is 56.4 Å². The fraction of sp³-hybridized carbons (Fsp3) is 0.500. The highest BCUT2D eigenvalue weighted by Crippen LogP contribution is 2.37. The van der Waals surface area contributed by atoms with E-state index in [4.69, 9.17) is 9.72 Å². The molecule has 3 aliphatic rings. The number of ether oxygens (including phenoxy) is 1. The van der Waals surface area contributed by atoms with Crippen molar-refractivity contribution in [1.82, 2.24) is 14.9 Å². The second kappa shape index (κ2) is 6.76. The summed E-state index contributed by atoms with van der Waals surface area (Å²) >= 11 is 0. The lowest BCUT2D eigenvalue weighted by molar-refractivity contribution is 0.0782. The van der Waals surface area contributed by atoms with Crippen LogP contribution in [0.15, 0.2) is 24.3 Å². The van der Waals surface area contributed by atoms with E-state index in [1.165, 1.54) is 17.7 Å². The molecule has 2 aliphatic heterocycles. The largest absolute Gasteiger partial charge is 0.497 e. The lowest BCUT2D eigenvalue weighted by Gasteiger charge is -2.24. The number of amides is 1. The Bertz CT molecular complexity index is 915. The van der Waals surface area contributed by atoms with Gasteiger partial charge in [-0.25, -0.2) is 9.97 Å². The molecule has 3 heterocycles. The normalized spacial score (nSPS) is 23.1. The minimum atomic E-state index is 0.110. The summed E-state index contributed by atoms with van der Waals surface area (Å²) in [7, 11) is 1.63. The number of aryl methyl sites for hydroxylation is 2. The summed E-state index contributed by atoms with van der Waals surface area (Å²) in [6.45, 7) is 5.60. The third-order valence-electron chi connectivity index (χ3n) is 6.41. The highest BCUT2D eigenvalue weighted by molar-refractivity contribution is 5.94. The predicted octanol–water partition coefficient (Wildman–Crippen LogP) is 2.49. The molecule has 2 atom stereocenters.